The Morgan fingerprint density at radius 2 is 1.88 bits per heavy atom. The van der Waals surface area contributed by atoms with E-state index in [0.717, 1.165) is 12.0 Å². The van der Waals surface area contributed by atoms with Crippen molar-refractivity contribution in [3.8, 4) is 0 Å². The highest BCUT2D eigenvalue weighted by atomic mass is 16.3. The predicted octanol–water partition coefficient (Wildman–Crippen LogP) is 2.21. The average Bonchev–Trinajstić information content (AvgIpc) is 3.11. The van der Waals surface area contributed by atoms with E-state index in [2.05, 4.69) is 5.32 Å². The Hall–Kier alpha value is -2.66. The number of nitrogens with zero attached hydrogens (tertiary/aromatic N) is 1. The number of carbonyl (C=O) groups is 1. The van der Waals surface area contributed by atoms with E-state index in [9.17, 15) is 14.7 Å². The summed E-state index contributed by atoms with van der Waals surface area (Å²) < 4.78 is 1.58. The summed E-state index contributed by atoms with van der Waals surface area (Å²) in [6, 6.07) is 11.7. The lowest BCUT2D eigenvalue weighted by atomic mass is 9.97. The second kappa shape index (κ2) is 7.70. The third-order valence-electron chi connectivity index (χ3n) is 4.95. The fraction of sp³-hybridized carbons (Fsp3) is 0.333. The van der Waals surface area contributed by atoms with E-state index in [1.807, 2.05) is 42.5 Å². The van der Waals surface area contributed by atoms with Crippen LogP contribution in [0, 0.1) is 6.92 Å². The standard InChI is InChI=1S/C21H24N2O3/c1-16-9-13-23(14-10-17-7-3-2-4-8-17)20(26)18(16)19(25)22-21(15-24)11-5-6-12-21/h2-9,13,24H,10-12,14-15H2,1H3,(H,22,25). The molecule has 0 fully saturated rings. The van der Waals surface area contributed by atoms with Gasteiger partial charge in [0.05, 0.1) is 12.1 Å². The highest BCUT2D eigenvalue weighted by molar-refractivity contribution is 5.95. The van der Waals surface area contributed by atoms with Gasteiger partial charge in [-0.3, -0.25) is 9.59 Å². The van der Waals surface area contributed by atoms with E-state index in [1.54, 1.807) is 23.8 Å². The molecule has 0 radical (unpaired) electrons. The molecule has 1 aliphatic carbocycles. The minimum atomic E-state index is -0.694. The van der Waals surface area contributed by atoms with Crippen molar-refractivity contribution in [1.29, 1.82) is 0 Å². The van der Waals surface area contributed by atoms with Gasteiger partial charge >= 0.3 is 0 Å². The first-order valence-electron chi connectivity index (χ1n) is 8.87. The second-order valence-corrected chi connectivity index (χ2v) is 6.88. The third kappa shape index (κ3) is 3.78. The van der Waals surface area contributed by atoms with Crippen molar-refractivity contribution in [3.63, 3.8) is 0 Å². The number of aliphatic hydroxyl groups is 1. The third-order valence-corrected chi connectivity index (χ3v) is 4.95. The number of nitrogens with one attached hydrogen (secondary N) is 1. The fourth-order valence-corrected chi connectivity index (χ4v) is 3.29. The van der Waals surface area contributed by atoms with Crippen LogP contribution in [0.5, 0.6) is 0 Å². The van der Waals surface area contributed by atoms with Gasteiger partial charge in [0.1, 0.15) is 5.56 Å². The Morgan fingerprint density at radius 3 is 2.54 bits per heavy atom. The molecule has 0 spiro atoms. The minimum absolute atomic E-state index is 0.153. The number of hydrogen-bond acceptors (Lipinski definition) is 3. The molecule has 5 heteroatoms. The van der Waals surface area contributed by atoms with Crippen LogP contribution in [-0.4, -0.2) is 27.7 Å². The fourth-order valence-electron chi connectivity index (χ4n) is 3.29. The van der Waals surface area contributed by atoms with Gasteiger partial charge in [0.2, 0.25) is 0 Å². The van der Waals surface area contributed by atoms with Crippen LogP contribution in [-0.2, 0) is 13.0 Å². The smallest absolute Gasteiger partial charge is 0.263 e. The van der Waals surface area contributed by atoms with Gasteiger partial charge < -0.3 is 15.0 Å². The molecule has 1 aromatic heterocycles. The zero-order valence-corrected chi connectivity index (χ0v) is 14.9. The Balaban J connectivity index is 1.81. The molecule has 0 aliphatic heterocycles. The first-order valence-corrected chi connectivity index (χ1v) is 8.87. The Kier molecular flexibility index (Phi) is 5.38. The maximum atomic E-state index is 12.8. The van der Waals surface area contributed by atoms with Crippen molar-refractivity contribution in [2.24, 2.45) is 0 Å². The second-order valence-electron chi connectivity index (χ2n) is 6.88. The van der Waals surface area contributed by atoms with E-state index < -0.39 is 11.4 Å². The summed E-state index contributed by atoms with van der Waals surface area (Å²) in [4.78, 5) is 25.6. The summed E-state index contributed by atoms with van der Waals surface area (Å²) in [5.41, 5.74) is 0.947. The van der Waals surface area contributed by atoms with Crippen molar-refractivity contribution < 1.29 is 9.90 Å². The molecule has 0 saturated heterocycles. The number of aromatic nitrogens is 1. The van der Waals surface area contributed by atoms with Crippen molar-refractivity contribution in [1.82, 2.24) is 9.88 Å². The quantitative estimate of drug-likeness (QED) is 0.783. The number of rotatable bonds is 6. The summed E-state index contributed by atoms with van der Waals surface area (Å²) in [6.45, 7) is 2.12. The van der Waals surface area contributed by atoms with Crippen LogP contribution in [0.1, 0.15) is 34.3 Å². The summed E-state index contributed by atoms with van der Waals surface area (Å²) in [6.07, 6.45) is 7.47. The van der Waals surface area contributed by atoms with Gasteiger partial charge in [0, 0.05) is 12.7 Å². The van der Waals surface area contributed by atoms with Gasteiger partial charge in [0.15, 0.2) is 0 Å². The number of aryl methyl sites for hydroxylation is 3. The highest BCUT2D eigenvalue weighted by Gasteiger charge is 2.33. The Bertz CT molecular complexity index is 861. The zero-order valence-electron chi connectivity index (χ0n) is 14.9. The van der Waals surface area contributed by atoms with Gasteiger partial charge in [0.25, 0.3) is 11.5 Å². The molecule has 2 aromatic rings. The largest absolute Gasteiger partial charge is 0.394 e. The molecule has 0 atom stereocenters. The first-order chi connectivity index (χ1) is 12.5. The molecule has 2 N–H and O–H groups in total. The van der Waals surface area contributed by atoms with Gasteiger partial charge in [-0.05, 0) is 43.4 Å². The molecule has 26 heavy (non-hydrogen) atoms. The van der Waals surface area contributed by atoms with E-state index in [1.165, 1.54) is 0 Å². The van der Waals surface area contributed by atoms with Gasteiger partial charge in [-0.25, -0.2) is 0 Å². The minimum Gasteiger partial charge on any atom is -0.394 e. The van der Waals surface area contributed by atoms with Gasteiger partial charge in [-0.2, -0.15) is 0 Å². The molecular formula is C21H24N2O3. The Morgan fingerprint density at radius 1 is 1.19 bits per heavy atom. The average molecular weight is 352 g/mol. The molecule has 1 amide bonds. The van der Waals surface area contributed by atoms with Crippen LogP contribution in [0.15, 0.2) is 59.5 Å². The molecule has 136 valence electrons. The van der Waals surface area contributed by atoms with E-state index >= 15 is 0 Å². The lowest BCUT2D eigenvalue weighted by Crippen LogP contribution is -2.51. The lowest BCUT2D eigenvalue weighted by molar-refractivity contribution is 0.0842. The summed E-state index contributed by atoms with van der Waals surface area (Å²) >= 11 is 0. The van der Waals surface area contributed by atoms with Crippen LogP contribution in [0.4, 0.5) is 0 Å². The molecular weight excluding hydrogens is 328 g/mol. The molecule has 5 nitrogen and oxygen atoms in total. The number of hydrogen-bond donors (Lipinski definition) is 2. The van der Waals surface area contributed by atoms with Crippen LogP contribution < -0.4 is 10.9 Å². The monoisotopic (exact) mass is 352 g/mol. The molecule has 0 saturated carbocycles. The number of pyridine rings is 1. The van der Waals surface area contributed by atoms with Gasteiger partial charge in [-0.15, -0.1) is 0 Å². The van der Waals surface area contributed by atoms with Crippen molar-refractivity contribution in [2.45, 2.75) is 38.3 Å². The van der Waals surface area contributed by atoms with E-state index in [0.29, 0.717) is 24.9 Å². The van der Waals surface area contributed by atoms with Crippen molar-refractivity contribution in [3.05, 3.63) is 81.8 Å². The molecule has 1 aliphatic rings. The summed E-state index contributed by atoms with van der Waals surface area (Å²) in [7, 11) is 0. The van der Waals surface area contributed by atoms with Crippen LogP contribution in [0.3, 0.4) is 0 Å². The number of carbonyl (C=O) groups excluding carboxylic acids is 1. The molecule has 0 unspecified atom stereocenters. The summed E-state index contributed by atoms with van der Waals surface area (Å²) in [5, 5.41) is 12.6. The zero-order chi connectivity index (χ0) is 18.6. The van der Waals surface area contributed by atoms with Crippen LogP contribution in [0.2, 0.25) is 0 Å². The first kappa shape index (κ1) is 18.1. The number of benzene rings is 1. The topological polar surface area (TPSA) is 71.3 Å². The van der Waals surface area contributed by atoms with E-state index in [4.69, 9.17) is 0 Å². The lowest BCUT2D eigenvalue weighted by Gasteiger charge is -2.28. The Labute approximate surface area is 153 Å². The van der Waals surface area contributed by atoms with Crippen molar-refractivity contribution in [2.75, 3.05) is 6.61 Å². The number of aliphatic hydroxyl groups excluding tert-OH is 1. The van der Waals surface area contributed by atoms with Gasteiger partial charge in [-0.1, -0.05) is 42.5 Å². The number of amides is 1. The molecule has 0 bridgehead atoms. The maximum absolute atomic E-state index is 12.8. The van der Waals surface area contributed by atoms with E-state index in [-0.39, 0.29) is 17.7 Å². The van der Waals surface area contributed by atoms with Crippen LogP contribution in [0.25, 0.3) is 0 Å². The molecule has 3 rings (SSSR count). The predicted molar refractivity (Wildman–Crippen MR) is 101 cm³/mol. The molecule has 1 aromatic carbocycles. The highest BCUT2D eigenvalue weighted by Crippen LogP contribution is 2.23. The molecule has 1 heterocycles. The van der Waals surface area contributed by atoms with Crippen LogP contribution >= 0.6 is 0 Å². The SMILES string of the molecule is Cc1ccn(CCc2ccccc2)c(=O)c1C(=O)NC1(CO)CC=CC1. The van der Waals surface area contributed by atoms with Crippen molar-refractivity contribution >= 4 is 5.91 Å². The summed E-state index contributed by atoms with van der Waals surface area (Å²) in [5.74, 6) is -0.417. The normalized spacial score (nSPS) is 15.2. The maximum Gasteiger partial charge on any atom is 0.263 e.